The molecule has 1 aromatic heterocycles. The molecule has 2 saturated heterocycles. The fraction of sp³-hybridized carbons (Fsp3) is 0.583. The average molecular weight is 427 g/mol. The Hall–Kier alpha value is -2.41. The lowest BCUT2D eigenvalue weighted by atomic mass is 9.90. The quantitative estimate of drug-likeness (QED) is 0.788. The summed E-state index contributed by atoms with van der Waals surface area (Å²) in [7, 11) is 0. The number of nitrogens with one attached hydrogen (secondary N) is 2. The Bertz CT molecular complexity index is 964. The molecule has 7 heteroatoms. The van der Waals surface area contributed by atoms with Crippen LogP contribution in [0.2, 0.25) is 0 Å². The van der Waals surface area contributed by atoms with Gasteiger partial charge in [-0.15, -0.1) is 0 Å². The van der Waals surface area contributed by atoms with Gasteiger partial charge in [0.2, 0.25) is 5.91 Å². The summed E-state index contributed by atoms with van der Waals surface area (Å²) in [6.45, 7) is 4.80. The number of halogens is 1. The van der Waals surface area contributed by atoms with Gasteiger partial charge in [0, 0.05) is 49.6 Å². The fourth-order valence-electron chi connectivity index (χ4n) is 5.75. The Kier molecular flexibility index (Phi) is 5.46. The zero-order valence-electron chi connectivity index (χ0n) is 18.1. The highest BCUT2D eigenvalue weighted by molar-refractivity contribution is 5.99. The van der Waals surface area contributed by atoms with Crippen LogP contribution in [0.4, 0.5) is 4.39 Å². The van der Waals surface area contributed by atoms with Crippen LogP contribution in [0, 0.1) is 12.7 Å². The van der Waals surface area contributed by atoms with Crippen LogP contribution in [-0.2, 0) is 4.79 Å². The summed E-state index contributed by atoms with van der Waals surface area (Å²) in [6.07, 6.45) is 6.87. The Labute approximate surface area is 182 Å². The van der Waals surface area contributed by atoms with E-state index in [1.165, 1.54) is 6.07 Å². The number of likely N-dealkylation sites (tertiary alicyclic amines) is 2. The van der Waals surface area contributed by atoms with E-state index in [0.717, 1.165) is 63.7 Å². The number of hydrogen-bond acceptors (Lipinski definition) is 3. The maximum Gasteiger partial charge on any atom is 0.267 e. The highest BCUT2D eigenvalue weighted by Gasteiger charge is 2.37. The molecule has 166 valence electrons. The molecule has 2 N–H and O–H groups in total. The van der Waals surface area contributed by atoms with Crippen LogP contribution in [0.5, 0.6) is 0 Å². The molecule has 6 nitrogen and oxygen atoms in total. The number of aromatic nitrogens is 1. The summed E-state index contributed by atoms with van der Waals surface area (Å²) in [4.78, 5) is 32.7. The molecule has 3 aliphatic rings. The third kappa shape index (κ3) is 3.95. The van der Waals surface area contributed by atoms with Crippen molar-refractivity contribution in [3.8, 4) is 0 Å². The van der Waals surface area contributed by atoms with Gasteiger partial charge in [-0.25, -0.2) is 4.39 Å². The van der Waals surface area contributed by atoms with Gasteiger partial charge in [-0.05, 0) is 63.1 Å². The SMILES string of the molecule is Cc1ccc(F)c2cc(C(=O)N[C@@H]3CCC[C@H](N4CCC(N5CCCC5=O)C4)C3)[nH]c12. The molecule has 1 saturated carbocycles. The summed E-state index contributed by atoms with van der Waals surface area (Å²) in [5, 5.41) is 3.64. The summed E-state index contributed by atoms with van der Waals surface area (Å²) in [6, 6.07) is 5.71. The molecule has 2 aromatic rings. The van der Waals surface area contributed by atoms with Crippen molar-refractivity contribution >= 4 is 22.7 Å². The molecule has 2 amide bonds. The number of aryl methyl sites for hydroxylation is 1. The van der Waals surface area contributed by atoms with Crippen LogP contribution >= 0.6 is 0 Å². The summed E-state index contributed by atoms with van der Waals surface area (Å²) in [5.74, 6) is -0.165. The molecule has 3 heterocycles. The van der Waals surface area contributed by atoms with E-state index in [2.05, 4.69) is 20.1 Å². The van der Waals surface area contributed by atoms with E-state index < -0.39 is 0 Å². The van der Waals surface area contributed by atoms with Crippen LogP contribution in [0.3, 0.4) is 0 Å². The minimum absolute atomic E-state index is 0.121. The topological polar surface area (TPSA) is 68.4 Å². The Balaban J connectivity index is 1.21. The number of fused-ring (bicyclic) bond motifs is 1. The number of carbonyl (C=O) groups is 2. The minimum Gasteiger partial charge on any atom is -0.350 e. The van der Waals surface area contributed by atoms with Crippen LogP contribution in [0.15, 0.2) is 18.2 Å². The Morgan fingerprint density at radius 2 is 2.03 bits per heavy atom. The molecule has 1 unspecified atom stereocenters. The fourth-order valence-corrected chi connectivity index (χ4v) is 5.75. The first-order valence-electron chi connectivity index (χ1n) is 11.6. The van der Waals surface area contributed by atoms with Gasteiger partial charge in [0.15, 0.2) is 0 Å². The van der Waals surface area contributed by atoms with Crippen molar-refractivity contribution in [2.24, 2.45) is 0 Å². The van der Waals surface area contributed by atoms with Crippen LogP contribution in [-0.4, -0.2) is 64.4 Å². The van der Waals surface area contributed by atoms with Gasteiger partial charge < -0.3 is 15.2 Å². The Morgan fingerprint density at radius 3 is 2.81 bits per heavy atom. The molecule has 0 spiro atoms. The monoisotopic (exact) mass is 426 g/mol. The molecular formula is C24H31FN4O2. The summed E-state index contributed by atoms with van der Waals surface area (Å²) in [5.41, 5.74) is 2.03. The van der Waals surface area contributed by atoms with E-state index in [9.17, 15) is 14.0 Å². The van der Waals surface area contributed by atoms with Gasteiger partial charge in [0.1, 0.15) is 11.5 Å². The Morgan fingerprint density at radius 1 is 1.16 bits per heavy atom. The summed E-state index contributed by atoms with van der Waals surface area (Å²) >= 11 is 0. The van der Waals surface area contributed by atoms with E-state index in [1.807, 2.05) is 6.92 Å². The average Bonchev–Trinajstić information content (AvgIpc) is 3.50. The molecule has 1 aromatic carbocycles. The van der Waals surface area contributed by atoms with Gasteiger partial charge in [-0.1, -0.05) is 6.07 Å². The third-order valence-corrected chi connectivity index (χ3v) is 7.44. The number of H-pyrrole nitrogens is 1. The number of aromatic amines is 1. The van der Waals surface area contributed by atoms with Crippen molar-refractivity contribution in [1.82, 2.24) is 20.1 Å². The largest absolute Gasteiger partial charge is 0.350 e. The number of hydrogen-bond donors (Lipinski definition) is 2. The lowest BCUT2D eigenvalue weighted by Gasteiger charge is -2.36. The number of benzene rings is 1. The van der Waals surface area contributed by atoms with Crippen molar-refractivity contribution in [2.45, 2.75) is 70.0 Å². The second-order valence-electron chi connectivity index (χ2n) is 9.45. The second-order valence-corrected chi connectivity index (χ2v) is 9.45. The van der Waals surface area contributed by atoms with E-state index in [4.69, 9.17) is 0 Å². The van der Waals surface area contributed by atoms with Crippen molar-refractivity contribution in [3.05, 3.63) is 35.3 Å². The van der Waals surface area contributed by atoms with Crippen molar-refractivity contribution < 1.29 is 14.0 Å². The number of amides is 2. The first kappa shape index (κ1) is 20.5. The number of carbonyl (C=O) groups excluding carboxylic acids is 2. The van der Waals surface area contributed by atoms with Crippen LogP contribution in [0.1, 0.15) is 61.0 Å². The second kappa shape index (κ2) is 8.26. The molecule has 0 bridgehead atoms. The van der Waals surface area contributed by atoms with Crippen molar-refractivity contribution in [1.29, 1.82) is 0 Å². The standard InChI is InChI=1S/C24H31FN4O2/c1-15-7-8-20(25)19-13-21(27-23(15)19)24(31)26-16-4-2-5-17(12-16)28-11-9-18(14-28)29-10-3-6-22(29)30/h7-8,13,16-18,27H,2-6,9-12,14H2,1H3,(H,26,31)/t16-,17+,18?/m1/s1. The third-order valence-electron chi connectivity index (χ3n) is 7.44. The highest BCUT2D eigenvalue weighted by atomic mass is 19.1. The molecule has 31 heavy (non-hydrogen) atoms. The molecular weight excluding hydrogens is 395 g/mol. The molecule has 5 rings (SSSR count). The molecule has 1 aliphatic carbocycles. The van der Waals surface area contributed by atoms with E-state index >= 15 is 0 Å². The van der Waals surface area contributed by atoms with Gasteiger partial charge in [0.05, 0.1) is 5.52 Å². The minimum atomic E-state index is -0.311. The number of nitrogens with zero attached hydrogens (tertiary/aromatic N) is 2. The van der Waals surface area contributed by atoms with Gasteiger partial charge in [-0.3, -0.25) is 14.5 Å². The maximum atomic E-state index is 14.1. The van der Waals surface area contributed by atoms with Crippen LogP contribution in [0.25, 0.3) is 10.9 Å². The van der Waals surface area contributed by atoms with Gasteiger partial charge in [-0.2, -0.15) is 0 Å². The summed E-state index contributed by atoms with van der Waals surface area (Å²) < 4.78 is 14.1. The zero-order valence-corrected chi connectivity index (χ0v) is 18.1. The normalized spacial score (nSPS) is 27.4. The van der Waals surface area contributed by atoms with E-state index in [0.29, 0.717) is 41.0 Å². The lowest BCUT2D eigenvalue weighted by Crippen LogP contribution is -2.46. The molecule has 3 atom stereocenters. The maximum absolute atomic E-state index is 14.1. The van der Waals surface area contributed by atoms with Crippen LogP contribution < -0.4 is 5.32 Å². The van der Waals surface area contributed by atoms with Crippen molar-refractivity contribution in [2.75, 3.05) is 19.6 Å². The lowest BCUT2D eigenvalue weighted by molar-refractivity contribution is -0.129. The predicted molar refractivity (Wildman–Crippen MR) is 117 cm³/mol. The first-order valence-corrected chi connectivity index (χ1v) is 11.6. The van der Waals surface area contributed by atoms with Crippen molar-refractivity contribution in [3.63, 3.8) is 0 Å². The van der Waals surface area contributed by atoms with E-state index in [1.54, 1.807) is 12.1 Å². The zero-order chi connectivity index (χ0) is 21.5. The first-order chi connectivity index (χ1) is 15.0. The van der Waals surface area contributed by atoms with Gasteiger partial charge in [0.25, 0.3) is 5.91 Å². The molecule has 2 aliphatic heterocycles. The predicted octanol–water partition coefficient (Wildman–Crippen LogP) is 3.35. The highest BCUT2D eigenvalue weighted by Crippen LogP contribution is 2.29. The number of rotatable bonds is 4. The molecule has 0 radical (unpaired) electrons. The molecule has 3 fully saturated rings. The van der Waals surface area contributed by atoms with Gasteiger partial charge >= 0.3 is 0 Å². The van der Waals surface area contributed by atoms with E-state index in [-0.39, 0.29) is 17.8 Å². The smallest absolute Gasteiger partial charge is 0.267 e.